The van der Waals surface area contributed by atoms with Crippen LogP contribution >= 0.6 is 0 Å². The molecule has 0 saturated heterocycles. The van der Waals surface area contributed by atoms with E-state index in [0.717, 1.165) is 17.4 Å². The maximum Gasteiger partial charge on any atom is 0.251 e. The molecule has 2 aromatic carbocycles. The van der Waals surface area contributed by atoms with Gasteiger partial charge in [-0.05, 0) is 54.7 Å². The Morgan fingerprint density at radius 3 is 2.10 bits per heavy atom. The third-order valence-electron chi connectivity index (χ3n) is 4.80. The minimum absolute atomic E-state index is 0.00748. The van der Waals surface area contributed by atoms with Crippen LogP contribution < -0.4 is 15.4 Å². The van der Waals surface area contributed by atoms with Crippen molar-refractivity contribution in [3.05, 3.63) is 65.2 Å². The number of amides is 2. The number of anilines is 1. The second kappa shape index (κ2) is 9.51. The van der Waals surface area contributed by atoms with E-state index in [1.165, 1.54) is 0 Å². The summed E-state index contributed by atoms with van der Waals surface area (Å²) in [7, 11) is -3.39. The van der Waals surface area contributed by atoms with Gasteiger partial charge in [0.2, 0.25) is 15.9 Å². The van der Waals surface area contributed by atoms with Crippen LogP contribution in [0.1, 0.15) is 62.1 Å². The average molecular weight is 446 g/mol. The molecule has 0 radical (unpaired) electrons. The van der Waals surface area contributed by atoms with Gasteiger partial charge in [0, 0.05) is 11.3 Å². The molecule has 0 aromatic heterocycles. The van der Waals surface area contributed by atoms with E-state index in [0.29, 0.717) is 11.3 Å². The molecule has 2 amide bonds. The lowest BCUT2D eigenvalue weighted by Gasteiger charge is -2.20. The first-order valence-electron chi connectivity index (χ1n) is 10.1. The first kappa shape index (κ1) is 24.4. The van der Waals surface area contributed by atoms with Gasteiger partial charge in [-0.3, -0.25) is 14.3 Å². The van der Waals surface area contributed by atoms with Gasteiger partial charge in [-0.1, -0.05) is 45.0 Å². The van der Waals surface area contributed by atoms with Gasteiger partial charge in [-0.25, -0.2) is 8.42 Å². The maximum absolute atomic E-state index is 12.6. The smallest absolute Gasteiger partial charge is 0.251 e. The molecule has 0 aliphatic heterocycles. The van der Waals surface area contributed by atoms with Crippen molar-refractivity contribution in [2.45, 2.75) is 52.1 Å². The molecule has 2 atom stereocenters. The van der Waals surface area contributed by atoms with Crippen LogP contribution in [0.2, 0.25) is 0 Å². The lowest BCUT2D eigenvalue weighted by Crippen LogP contribution is -2.45. The second-order valence-electron chi connectivity index (χ2n) is 8.75. The molecule has 31 heavy (non-hydrogen) atoms. The molecule has 2 unspecified atom stereocenters. The number of sulfonamides is 1. The van der Waals surface area contributed by atoms with E-state index in [-0.39, 0.29) is 23.3 Å². The van der Waals surface area contributed by atoms with E-state index in [9.17, 15) is 18.0 Å². The fourth-order valence-electron chi connectivity index (χ4n) is 2.97. The highest BCUT2D eigenvalue weighted by molar-refractivity contribution is 7.92. The summed E-state index contributed by atoms with van der Waals surface area (Å²) in [6.45, 7) is 9.70. The Labute approximate surface area is 184 Å². The summed E-state index contributed by atoms with van der Waals surface area (Å²) in [5, 5.41) is 5.55. The minimum atomic E-state index is -3.39. The number of hydrogen-bond acceptors (Lipinski definition) is 4. The summed E-state index contributed by atoms with van der Waals surface area (Å²) in [6, 6.07) is 13.0. The first-order valence-corrected chi connectivity index (χ1v) is 11.9. The Morgan fingerprint density at radius 1 is 0.935 bits per heavy atom. The van der Waals surface area contributed by atoms with Crippen molar-refractivity contribution in [2.75, 3.05) is 11.0 Å². The monoisotopic (exact) mass is 445 g/mol. The zero-order chi connectivity index (χ0) is 23.4. The minimum Gasteiger partial charge on any atom is -0.348 e. The molecule has 0 heterocycles. The molecular formula is C23H31N3O4S. The molecular weight excluding hydrogens is 414 g/mol. The van der Waals surface area contributed by atoms with Crippen molar-refractivity contribution in [3.8, 4) is 0 Å². The zero-order valence-electron chi connectivity index (χ0n) is 18.8. The predicted molar refractivity (Wildman–Crippen MR) is 124 cm³/mol. The van der Waals surface area contributed by atoms with Gasteiger partial charge in [0.15, 0.2) is 0 Å². The van der Waals surface area contributed by atoms with Crippen LogP contribution in [-0.4, -0.2) is 32.5 Å². The number of hydrogen-bond donors (Lipinski definition) is 3. The van der Waals surface area contributed by atoms with Gasteiger partial charge >= 0.3 is 0 Å². The highest BCUT2D eigenvalue weighted by atomic mass is 32.2. The Balaban J connectivity index is 1.99. The quantitative estimate of drug-likeness (QED) is 0.608. The molecule has 2 rings (SSSR count). The first-order chi connectivity index (χ1) is 14.3. The van der Waals surface area contributed by atoms with Crippen molar-refractivity contribution in [1.82, 2.24) is 10.6 Å². The number of nitrogens with one attached hydrogen (secondary N) is 3. The summed E-state index contributed by atoms with van der Waals surface area (Å²) < 4.78 is 25.2. The van der Waals surface area contributed by atoms with Crippen molar-refractivity contribution in [2.24, 2.45) is 0 Å². The van der Waals surface area contributed by atoms with Gasteiger partial charge in [0.25, 0.3) is 5.91 Å². The standard InChI is InChI=1S/C23H31N3O4S/c1-15(18-8-7-9-20(14-18)26-31(6,29)30)24-21(27)16(2)25-22(28)17-10-12-19(13-11-17)23(3,4)5/h7-16,26H,1-6H3,(H,24,27)(H,25,28). The molecule has 8 heteroatoms. The molecule has 0 aliphatic rings. The maximum atomic E-state index is 12.6. The summed E-state index contributed by atoms with van der Waals surface area (Å²) in [5.41, 5.74) is 2.75. The third-order valence-corrected chi connectivity index (χ3v) is 5.41. The van der Waals surface area contributed by atoms with Crippen molar-refractivity contribution >= 4 is 27.5 Å². The summed E-state index contributed by atoms with van der Waals surface area (Å²) in [4.78, 5) is 25.1. The molecule has 0 fully saturated rings. The lowest BCUT2D eigenvalue weighted by molar-refractivity contribution is -0.123. The second-order valence-corrected chi connectivity index (χ2v) is 10.5. The van der Waals surface area contributed by atoms with Gasteiger partial charge < -0.3 is 10.6 Å². The molecule has 0 aliphatic carbocycles. The SMILES string of the molecule is CC(NC(=O)c1ccc(C(C)(C)C)cc1)C(=O)NC(C)c1cccc(NS(C)(=O)=O)c1. The summed E-state index contributed by atoms with van der Waals surface area (Å²) >= 11 is 0. The lowest BCUT2D eigenvalue weighted by atomic mass is 9.86. The normalized spacial score (nSPS) is 13.7. The molecule has 0 spiro atoms. The van der Waals surface area contributed by atoms with E-state index in [2.05, 4.69) is 36.1 Å². The summed E-state index contributed by atoms with van der Waals surface area (Å²) in [5.74, 6) is -0.663. The average Bonchev–Trinajstić information content (AvgIpc) is 2.66. The van der Waals surface area contributed by atoms with E-state index in [4.69, 9.17) is 0 Å². The molecule has 0 bridgehead atoms. The molecule has 168 valence electrons. The van der Waals surface area contributed by atoms with E-state index in [1.807, 2.05) is 12.1 Å². The Hall–Kier alpha value is -2.87. The Morgan fingerprint density at radius 2 is 1.55 bits per heavy atom. The summed E-state index contributed by atoms with van der Waals surface area (Å²) in [6.07, 6.45) is 1.08. The van der Waals surface area contributed by atoms with Crippen LogP contribution in [0.25, 0.3) is 0 Å². The zero-order valence-corrected chi connectivity index (χ0v) is 19.6. The van der Waals surface area contributed by atoms with Gasteiger partial charge in [0.05, 0.1) is 12.3 Å². The van der Waals surface area contributed by atoms with E-state index < -0.39 is 16.1 Å². The van der Waals surface area contributed by atoms with Crippen molar-refractivity contribution in [1.29, 1.82) is 0 Å². The fourth-order valence-corrected chi connectivity index (χ4v) is 3.53. The highest BCUT2D eigenvalue weighted by Crippen LogP contribution is 2.22. The van der Waals surface area contributed by atoms with Crippen LogP contribution in [0.3, 0.4) is 0 Å². The van der Waals surface area contributed by atoms with Gasteiger partial charge in [-0.15, -0.1) is 0 Å². The Bertz CT molecular complexity index is 1040. The van der Waals surface area contributed by atoms with Crippen LogP contribution in [0, 0.1) is 0 Å². The van der Waals surface area contributed by atoms with E-state index in [1.54, 1.807) is 50.2 Å². The molecule has 2 aromatic rings. The van der Waals surface area contributed by atoms with Gasteiger partial charge in [0.1, 0.15) is 6.04 Å². The van der Waals surface area contributed by atoms with Crippen molar-refractivity contribution < 1.29 is 18.0 Å². The van der Waals surface area contributed by atoms with Crippen LogP contribution in [0.15, 0.2) is 48.5 Å². The van der Waals surface area contributed by atoms with Crippen LogP contribution in [0.4, 0.5) is 5.69 Å². The van der Waals surface area contributed by atoms with Crippen LogP contribution in [-0.2, 0) is 20.2 Å². The highest BCUT2D eigenvalue weighted by Gasteiger charge is 2.20. The molecule has 0 saturated carbocycles. The molecule has 7 nitrogen and oxygen atoms in total. The predicted octanol–water partition coefficient (Wildman–Crippen LogP) is 3.35. The fraction of sp³-hybridized carbons (Fsp3) is 0.391. The van der Waals surface area contributed by atoms with Gasteiger partial charge in [-0.2, -0.15) is 0 Å². The third kappa shape index (κ3) is 7.40. The number of carbonyl (C=O) groups is 2. The van der Waals surface area contributed by atoms with Crippen molar-refractivity contribution in [3.63, 3.8) is 0 Å². The largest absolute Gasteiger partial charge is 0.348 e. The number of rotatable bonds is 7. The van der Waals surface area contributed by atoms with Crippen LogP contribution in [0.5, 0.6) is 0 Å². The topological polar surface area (TPSA) is 104 Å². The Kier molecular flexibility index (Phi) is 7.49. The molecule has 3 N–H and O–H groups in total. The number of carbonyl (C=O) groups excluding carboxylic acids is 2. The number of benzene rings is 2. The van der Waals surface area contributed by atoms with E-state index >= 15 is 0 Å².